The molecule has 0 atom stereocenters. The topological polar surface area (TPSA) is 99.6 Å². The minimum absolute atomic E-state index is 0.0131. The van der Waals surface area contributed by atoms with Crippen LogP contribution < -0.4 is 10.2 Å². The molecule has 3 N–H and O–H groups in total. The minimum atomic E-state index is -0.378. The van der Waals surface area contributed by atoms with Gasteiger partial charge >= 0.3 is 0 Å². The lowest BCUT2D eigenvalue weighted by Crippen LogP contribution is -2.18. The van der Waals surface area contributed by atoms with Gasteiger partial charge in [-0.3, -0.25) is 9.89 Å². The summed E-state index contributed by atoms with van der Waals surface area (Å²) in [6, 6.07) is 6.58. The van der Waals surface area contributed by atoms with Crippen molar-refractivity contribution in [2.45, 2.75) is 18.8 Å². The molecule has 1 aliphatic rings. The lowest BCUT2D eigenvalue weighted by molar-refractivity contribution is 0.0950. The summed E-state index contributed by atoms with van der Waals surface area (Å²) in [5.41, 5.74) is 4.35. The normalized spacial score (nSPS) is 14.2. The molecule has 22 heavy (non-hydrogen) atoms. The Labute approximate surface area is 127 Å². The monoisotopic (exact) mass is 300 g/mol. The van der Waals surface area contributed by atoms with E-state index in [4.69, 9.17) is 4.74 Å². The summed E-state index contributed by atoms with van der Waals surface area (Å²) < 4.78 is 4.95. The largest absolute Gasteiger partial charge is 0.504 e. The number of amides is 1. The molecular weight excluding hydrogens is 284 g/mol. The van der Waals surface area contributed by atoms with Gasteiger partial charge < -0.3 is 9.84 Å². The van der Waals surface area contributed by atoms with Crippen LogP contribution in [0.4, 0.5) is 0 Å². The van der Waals surface area contributed by atoms with Gasteiger partial charge in [-0.2, -0.15) is 10.2 Å². The van der Waals surface area contributed by atoms with E-state index in [1.807, 2.05) is 0 Å². The molecule has 1 aromatic heterocycles. The quantitative estimate of drug-likeness (QED) is 0.578. The summed E-state index contributed by atoms with van der Waals surface area (Å²) in [5, 5.41) is 20.3. The van der Waals surface area contributed by atoms with Gasteiger partial charge in [0.1, 0.15) is 0 Å². The highest BCUT2D eigenvalue weighted by Crippen LogP contribution is 2.38. The standard InChI is InChI=1S/C15H16N4O3/c1-22-14-5-2-9(6-13(14)20)8-16-19-15(21)12-7-11(17-18-12)10-3-4-10/h2,5-8,10,20H,3-4H2,1H3,(H,17,18)(H,19,21). The van der Waals surface area contributed by atoms with Crippen LogP contribution in [0.3, 0.4) is 0 Å². The van der Waals surface area contributed by atoms with E-state index in [-0.39, 0.29) is 11.7 Å². The molecule has 7 nitrogen and oxygen atoms in total. The Kier molecular flexibility index (Phi) is 3.78. The van der Waals surface area contributed by atoms with E-state index in [1.54, 1.807) is 18.2 Å². The smallest absolute Gasteiger partial charge is 0.291 e. The van der Waals surface area contributed by atoms with Gasteiger partial charge in [-0.05, 0) is 42.7 Å². The Hall–Kier alpha value is -2.83. The zero-order chi connectivity index (χ0) is 15.5. The Balaban J connectivity index is 1.60. The molecule has 0 bridgehead atoms. The van der Waals surface area contributed by atoms with Crippen LogP contribution in [0.15, 0.2) is 29.4 Å². The third kappa shape index (κ3) is 3.08. The molecule has 0 saturated heterocycles. The van der Waals surface area contributed by atoms with E-state index in [2.05, 4.69) is 20.7 Å². The number of hydrogen-bond donors (Lipinski definition) is 3. The number of carbonyl (C=O) groups excluding carboxylic acids is 1. The van der Waals surface area contributed by atoms with Crippen molar-refractivity contribution in [1.82, 2.24) is 15.6 Å². The fourth-order valence-corrected chi connectivity index (χ4v) is 2.07. The molecule has 1 aromatic carbocycles. The Bertz CT molecular complexity index is 719. The number of nitrogens with one attached hydrogen (secondary N) is 2. The van der Waals surface area contributed by atoms with Crippen molar-refractivity contribution < 1.29 is 14.6 Å². The molecule has 0 spiro atoms. The molecule has 1 fully saturated rings. The number of methoxy groups -OCH3 is 1. The Morgan fingerprint density at radius 1 is 1.50 bits per heavy atom. The number of aromatic hydroxyl groups is 1. The van der Waals surface area contributed by atoms with Gasteiger partial charge in [-0.25, -0.2) is 5.43 Å². The molecule has 1 saturated carbocycles. The predicted octanol–water partition coefficient (Wildman–Crippen LogP) is 1.77. The number of H-pyrrole nitrogens is 1. The first-order valence-corrected chi connectivity index (χ1v) is 6.93. The molecule has 0 radical (unpaired) electrons. The molecule has 3 rings (SSSR count). The number of hydrazone groups is 1. The second kappa shape index (κ2) is 5.88. The Morgan fingerprint density at radius 2 is 2.32 bits per heavy atom. The maximum absolute atomic E-state index is 11.9. The van der Waals surface area contributed by atoms with Crippen molar-refractivity contribution in [2.24, 2.45) is 5.10 Å². The zero-order valence-corrected chi connectivity index (χ0v) is 12.0. The van der Waals surface area contributed by atoms with Gasteiger partial charge in [0, 0.05) is 11.6 Å². The number of aromatic nitrogens is 2. The number of phenols is 1. The number of nitrogens with zero attached hydrogens (tertiary/aromatic N) is 2. The van der Waals surface area contributed by atoms with Crippen LogP contribution in [-0.2, 0) is 0 Å². The highest BCUT2D eigenvalue weighted by molar-refractivity contribution is 5.93. The Morgan fingerprint density at radius 3 is 3.00 bits per heavy atom. The van der Waals surface area contributed by atoms with Crippen LogP contribution >= 0.6 is 0 Å². The first-order valence-electron chi connectivity index (χ1n) is 6.93. The van der Waals surface area contributed by atoms with E-state index < -0.39 is 0 Å². The van der Waals surface area contributed by atoms with Crippen molar-refractivity contribution in [3.8, 4) is 11.5 Å². The highest BCUT2D eigenvalue weighted by Gasteiger charge is 2.26. The third-order valence-electron chi connectivity index (χ3n) is 3.43. The number of aromatic amines is 1. The molecule has 114 valence electrons. The number of hydrogen-bond acceptors (Lipinski definition) is 5. The van der Waals surface area contributed by atoms with Crippen LogP contribution in [0.25, 0.3) is 0 Å². The lowest BCUT2D eigenvalue weighted by Gasteiger charge is -2.02. The van der Waals surface area contributed by atoms with Crippen molar-refractivity contribution in [3.63, 3.8) is 0 Å². The average Bonchev–Trinajstić information content (AvgIpc) is 3.24. The fraction of sp³-hybridized carbons (Fsp3) is 0.267. The van der Waals surface area contributed by atoms with E-state index in [0.29, 0.717) is 22.9 Å². The van der Waals surface area contributed by atoms with Gasteiger partial charge in [0.2, 0.25) is 0 Å². The van der Waals surface area contributed by atoms with Crippen molar-refractivity contribution >= 4 is 12.1 Å². The van der Waals surface area contributed by atoms with Crippen molar-refractivity contribution in [3.05, 3.63) is 41.2 Å². The van der Waals surface area contributed by atoms with Gasteiger partial charge in [-0.1, -0.05) is 0 Å². The van der Waals surface area contributed by atoms with Crippen LogP contribution in [0.2, 0.25) is 0 Å². The van der Waals surface area contributed by atoms with Gasteiger partial charge in [0.15, 0.2) is 17.2 Å². The van der Waals surface area contributed by atoms with Crippen LogP contribution in [0.1, 0.15) is 40.5 Å². The summed E-state index contributed by atoms with van der Waals surface area (Å²) in [7, 11) is 1.48. The second-order valence-corrected chi connectivity index (χ2v) is 5.11. The fourth-order valence-electron chi connectivity index (χ4n) is 2.07. The second-order valence-electron chi connectivity index (χ2n) is 5.11. The molecule has 7 heteroatoms. The zero-order valence-electron chi connectivity index (χ0n) is 12.0. The van der Waals surface area contributed by atoms with Crippen molar-refractivity contribution in [2.75, 3.05) is 7.11 Å². The number of ether oxygens (including phenoxy) is 1. The average molecular weight is 300 g/mol. The molecule has 0 unspecified atom stereocenters. The number of carbonyl (C=O) groups is 1. The minimum Gasteiger partial charge on any atom is -0.504 e. The van der Waals surface area contributed by atoms with Crippen LogP contribution in [0.5, 0.6) is 11.5 Å². The molecule has 1 amide bonds. The highest BCUT2D eigenvalue weighted by atomic mass is 16.5. The molecule has 1 aliphatic carbocycles. The summed E-state index contributed by atoms with van der Waals surface area (Å²) >= 11 is 0. The third-order valence-corrected chi connectivity index (χ3v) is 3.43. The van der Waals surface area contributed by atoms with E-state index in [9.17, 15) is 9.90 Å². The SMILES string of the molecule is COc1ccc(C=NNC(=O)c2cc(C3CC3)[nH]n2)cc1O. The van der Waals surface area contributed by atoms with E-state index in [0.717, 1.165) is 18.5 Å². The first kappa shape index (κ1) is 14.1. The van der Waals surface area contributed by atoms with Gasteiger partial charge in [-0.15, -0.1) is 0 Å². The molecule has 2 aromatic rings. The summed E-state index contributed by atoms with van der Waals surface area (Å²) in [6.07, 6.45) is 3.72. The summed E-state index contributed by atoms with van der Waals surface area (Å²) in [6.45, 7) is 0. The van der Waals surface area contributed by atoms with Crippen molar-refractivity contribution in [1.29, 1.82) is 0 Å². The van der Waals surface area contributed by atoms with Crippen LogP contribution in [-0.4, -0.2) is 34.5 Å². The molecule has 0 aliphatic heterocycles. The summed E-state index contributed by atoms with van der Waals surface area (Å²) in [5.74, 6) is 0.529. The van der Waals surface area contributed by atoms with E-state index in [1.165, 1.54) is 19.4 Å². The summed E-state index contributed by atoms with van der Waals surface area (Å²) in [4.78, 5) is 11.9. The maximum atomic E-state index is 11.9. The maximum Gasteiger partial charge on any atom is 0.291 e. The lowest BCUT2D eigenvalue weighted by atomic mass is 10.2. The first-order chi connectivity index (χ1) is 10.7. The number of rotatable bonds is 5. The molecule has 1 heterocycles. The molecular formula is C15H16N4O3. The predicted molar refractivity (Wildman–Crippen MR) is 80.3 cm³/mol. The number of benzene rings is 1. The van der Waals surface area contributed by atoms with Crippen LogP contribution in [0, 0.1) is 0 Å². The van der Waals surface area contributed by atoms with E-state index >= 15 is 0 Å². The van der Waals surface area contributed by atoms with Gasteiger partial charge in [0.25, 0.3) is 5.91 Å². The van der Waals surface area contributed by atoms with Gasteiger partial charge in [0.05, 0.1) is 13.3 Å². The number of phenolic OH excluding ortho intramolecular Hbond substituents is 1.